The van der Waals surface area contributed by atoms with E-state index in [2.05, 4.69) is 24.0 Å². The second-order valence-corrected chi connectivity index (χ2v) is 7.38. The maximum Gasteiger partial charge on any atom is 0.231 e. The van der Waals surface area contributed by atoms with Gasteiger partial charge in [0.2, 0.25) is 12.7 Å². The molecule has 2 aliphatic heterocycles. The van der Waals surface area contributed by atoms with Crippen LogP contribution in [0.3, 0.4) is 0 Å². The van der Waals surface area contributed by atoms with E-state index in [1.165, 1.54) is 5.56 Å². The molecular formula is C19H23N3O3. The fraction of sp³-hybridized carbons (Fsp3) is 0.474. The Morgan fingerprint density at radius 2 is 2.12 bits per heavy atom. The summed E-state index contributed by atoms with van der Waals surface area (Å²) in [5.41, 5.74) is 1.27. The molecule has 6 heteroatoms. The summed E-state index contributed by atoms with van der Waals surface area (Å²) in [6.45, 7) is 3.86. The van der Waals surface area contributed by atoms with E-state index in [0.29, 0.717) is 19.8 Å². The number of imidazole rings is 1. The summed E-state index contributed by atoms with van der Waals surface area (Å²) in [7, 11) is 1.96. The molecule has 0 radical (unpaired) electrons. The highest BCUT2D eigenvalue weighted by molar-refractivity contribution is 5.77. The number of benzene rings is 1. The first-order valence-corrected chi connectivity index (χ1v) is 8.65. The molecule has 25 heavy (non-hydrogen) atoms. The first-order valence-electron chi connectivity index (χ1n) is 8.65. The van der Waals surface area contributed by atoms with E-state index in [9.17, 15) is 4.79 Å². The number of amides is 1. The van der Waals surface area contributed by atoms with Crippen molar-refractivity contribution in [3.63, 3.8) is 0 Å². The van der Waals surface area contributed by atoms with Crippen LogP contribution in [0.4, 0.5) is 0 Å². The van der Waals surface area contributed by atoms with E-state index in [0.717, 1.165) is 36.7 Å². The molecule has 1 aromatic carbocycles. The number of carbonyl (C=O) groups is 1. The molecule has 0 bridgehead atoms. The Hall–Kier alpha value is -2.50. The van der Waals surface area contributed by atoms with Crippen LogP contribution >= 0.6 is 0 Å². The van der Waals surface area contributed by atoms with Crippen molar-refractivity contribution in [1.29, 1.82) is 0 Å². The molecule has 132 valence electrons. The maximum absolute atomic E-state index is 12.4. The number of piperidine rings is 1. The van der Waals surface area contributed by atoms with Crippen molar-refractivity contribution in [3.8, 4) is 11.5 Å². The molecule has 0 N–H and O–H groups in total. The van der Waals surface area contributed by atoms with Gasteiger partial charge in [-0.3, -0.25) is 4.79 Å². The summed E-state index contributed by atoms with van der Waals surface area (Å²) in [4.78, 5) is 18.7. The van der Waals surface area contributed by atoms with Crippen LogP contribution in [-0.2, 0) is 24.8 Å². The van der Waals surface area contributed by atoms with Crippen LogP contribution in [0.25, 0.3) is 0 Å². The molecule has 1 fully saturated rings. The number of aryl methyl sites for hydroxylation is 1. The SMILES string of the molecule is Cn1ccnc1CN1C[C@](C)(Cc2ccc3c(c2)OCO3)CCC1=O. The van der Waals surface area contributed by atoms with Gasteiger partial charge in [-0.1, -0.05) is 13.0 Å². The van der Waals surface area contributed by atoms with Crippen LogP contribution in [0.15, 0.2) is 30.6 Å². The lowest BCUT2D eigenvalue weighted by atomic mass is 9.76. The third-order valence-electron chi connectivity index (χ3n) is 5.19. The summed E-state index contributed by atoms with van der Waals surface area (Å²) >= 11 is 0. The second-order valence-electron chi connectivity index (χ2n) is 7.38. The van der Waals surface area contributed by atoms with Crippen molar-refractivity contribution in [1.82, 2.24) is 14.5 Å². The van der Waals surface area contributed by atoms with Crippen molar-refractivity contribution in [2.24, 2.45) is 12.5 Å². The molecule has 6 nitrogen and oxygen atoms in total. The number of rotatable bonds is 4. The molecule has 0 spiro atoms. The Bertz CT molecular complexity index is 801. The molecule has 0 aliphatic carbocycles. The van der Waals surface area contributed by atoms with Crippen LogP contribution < -0.4 is 9.47 Å². The van der Waals surface area contributed by atoms with Gasteiger partial charge in [-0.15, -0.1) is 0 Å². The molecule has 1 atom stereocenters. The molecule has 0 unspecified atom stereocenters. The molecule has 1 amide bonds. The van der Waals surface area contributed by atoms with Gasteiger partial charge in [-0.05, 0) is 36.0 Å². The minimum Gasteiger partial charge on any atom is -0.454 e. The van der Waals surface area contributed by atoms with Crippen molar-refractivity contribution >= 4 is 5.91 Å². The summed E-state index contributed by atoms with van der Waals surface area (Å²) in [5, 5.41) is 0. The predicted molar refractivity (Wildman–Crippen MR) is 92.2 cm³/mol. The van der Waals surface area contributed by atoms with Gasteiger partial charge in [0, 0.05) is 32.4 Å². The first kappa shape index (κ1) is 16.0. The van der Waals surface area contributed by atoms with Gasteiger partial charge in [0.25, 0.3) is 0 Å². The van der Waals surface area contributed by atoms with Crippen LogP contribution in [0.5, 0.6) is 11.5 Å². The number of hydrogen-bond acceptors (Lipinski definition) is 4. The Kier molecular flexibility index (Phi) is 3.90. The van der Waals surface area contributed by atoms with Gasteiger partial charge in [0.15, 0.2) is 11.5 Å². The van der Waals surface area contributed by atoms with Gasteiger partial charge in [0.05, 0.1) is 6.54 Å². The van der Waals surface area contributed by atoms with E-state index in [1.54, 1.807) is 6.20 Å². The highest BCUT2D eigenvalue weighted by atomic mass is 16.7. The lowest BCUT2D eigenvalue weighted by molar-refractivity contribution is -0.138. The Labute approximate surface area is 147 Å². The summed E-state index contributed by atoms with van der Waals surface area (Å²) < 4.78 is 12.8. The smallest absolute Gasteiger partial charge is 0.231 e. The lowest BCUT2D eigenvalue weighted by Gasteiger charge is -2.40. The fourth-order valence-electron chi connectivity index (χ4n) is 3.75. The Morgan fingerprint density at radius 3 is 2.92 bits per heavy atom. The second kappa shape index (κ2) is 6.10. The van der Waals surface area contributed by atoms with Crippen molar-refractivity contribution in [3.05, 3.63) is 42.0 Å². The Morgan fingerprint density at radius 1 is 1.28 bits per heavy atom. The standard InChI is InChI=1S/C19H23N3O3/c1-19(10-14-3-4-15-16(9-14)25-13-24-15)6-5-18(23)22(12-19)11-17-20-7-8-21(17)2/h3-4,7-9H,5-6,10-13H2,1-2H3/t19-/m0/s1. The minimum atomic E-state index is 0.0484. The number of carbonyl (C=O) groups excluding carboxylic acids is 1. The van der Waals surface area contributed by atoms with Gasteiger partial charge in [-0.25, -0.2) is 4.98 Å². The van der Waals surface area contributed by atoms with Gasteiger partial charge in [-0.2, -0.15) is 0 Å². The number of ether oxygens (including phenoxy) is 2. The molecule has 4 rings (SSSR count). The summed E-state index contributed by atoms with van der Waals surface area (Å²) in [6.07, 6.45) is 6.09. The van der Waals surface area contributed by atoms with Crippen LogP contribution in [0, 0.1) is 5.41 Å². The van der Waals surface area contributed by atoms with E-state index < -0.39 is 0 Å². The van der Waals surface area contributed by atoms with Crippen LogP contribution in [0.2, 0.25) is 0 Å². The van der Waals surface area contributed by atoms with E-state index >= 15 is 0 Å². The zero-order valence-corrected chi connectivity index (χ0v) is 14.7. The fourth-order valence-corrected chi connectivity index (χ4v) is 3.75. The average molecular weight is 341 g/mol. The number of fused-ring (bicyclic) bond motifs is 1. The molecule has 3 heterocycles. The molecular weight excluding hydrogens is 318 g/mol. The van der Waals surface area contributed by atoms with Crippen molar-refractivity contribution in [2.75, 3.05) is 13.3 Å². The third kappa shape index (κ3) is 3.21. The highest BCUT2D eigenvalue weighted by Gasteiger charge is 2.35. The number of nitrogens with zero attached hydrogens (tertiary/aromatic N) is 3. The van der Waals surface area contributed by atoms with Crippen molar-refractivity contribution in [2.45, 2.75) is 32.7 Å². The average Bonchev–Trinajstić information content (AvgIpc) is 3.20. The minimum absolute atomic E-state index is 0.0484. The topological polar surface area (TPSA) is 56.6 Å². The number of hydrogen-bond donors (Lipinski definition) is 0. The number of likely N-dealkylation sites (tertiary alicyclic amines) is 1. The highest BCUT2D eigenvalue weighted by Crippen LogP contribution is 2.38. The quantitative estimate of drug-likeness (QED) is 0.857. The van der Waals surface area contributed by atoms with Crippen molar-refractivity contribution < 1.29 is 14.3 Å². The van der Waals surface area contributed by atoms with Gasteiger partial charge in [0.1, 0.15) is 5.82 Å². The normalized spacial score (nSPS) is 22.5. The molecule has 2 aliphatic rings. The monoisotopic (exact) mass is 341 g/mol. The molecule has 2 aromatic rings. The first-order chi connectivity index (χ1) is 12.0. The van der Waals surface area contributed by atoms with Crippen LogP contribution in [0.1, 0.15) is 31.2 Å². The summed E-state index contributed by atoms with van der Waals surface area (Å²) in [6, 6.07) is 6.13. The van der Waals surface area contributed by atoms with E-state index in [1.807, 2.05) is 28.8 Å². The molecule has 1 saturated heterocycles. The zero-order chi connectivity index (χ0) is 17.4. The number of aromatic nitrogens is 2. The predicted octanol–water partition coefficient (Wildman–Crippen LogP) is 2.52. The maximum atomic E-state index is 12.4. The van der Waals surface area contributed by atoms with Crippen LogP contribution in [-0.4, -0.2) is 33.7 Å². The Balaban J connectivity index is 1.49. The molecule has 1 aromatic heterocycles. The van der Waals surface area contributed by atoms with Gasteiger partial charge < -0.3 is 18.9 Å². The lowest BCUT2D eigenvalue weighted by Crippen LogP contribution is -2.46. The summed E-state index contributed by atoms with van der Waals surface area (Å²) in [5.74, 6) is 2.76. The third-order valence-corrected chi connectivity index (χ3v) is 5.19. The zero-order valence-electron chi connectivity index (χ0n) is 14.7. The largest absolute Gasteiger partial charge is 0.454 e. The van der Waals surface area contributed by atoms with E-state index in [4.69, 9.17) is 9.47 Å². The molecule has 0 saturated carbocycles. The van der Waals surface area contributed by atoms with Gasteiger partial charge >= 0.3 is 0 Å². The van der Waals surface area contributed by atoms with E-state index in [-0.39, 0.29) is 11.3 Å².